The number of carbonyl (C=O) groups is 1. The highest BCUT2D eigenvalue weighted by Gasteiger charge is 2.26. The van der Waals surface area contributed by atoms with Gasteiger partial charge in [0.2, 0.25) is 9.84 Å². The van der Waals surface area contributed by atoms with E-state index < -0.39 is 26.4 Å². The third kappa shape index (κ3) is 4.69. The molecule has 0 saturated carbocycles. The van der Waals surface area contributed by atoms with E-state index in [1.165, 1.54) is 12.1 Å². The number of hydrogen-bond acceptors (Lipinski definition) is 4. The summed E-state index contributed by atoms with van der Waals surface area (Å²) in [6.07, 6.45) is 0. The summed E-state index contributed by atoms with van der Waals surface area (Å²) in [5, 5.41) is 5.42. The molecule has 0 unspecified atom stereocenters. The lowest BCUT2D eigenvalue weighted by molar-refractivity contribution is 0.0954. The van der Waals surface area contributed by atoms with Crippen LogP contribution in [0.15, 0.2) is 29.2 Å². The van der Waals surface area contributed by atoms with E-state index in [1.807, 2.05) is 0 Å². The molecule has 5 nitrogen and oxygen atoms in total. The molecule has 0 atom stereocenters. The van der Waals surface area contributed by atoms with Gasteiger partial charge in [-0.3, -0.25) is 4.79 Å². The lowest BCUT2D eigenvalue weighted by atomic mass is 10.2. The highest BCUT2D eigenvalue weighted by atomic mass is 35.5. The van der Waals surface area contributed by atoms with Crippen molar-refractivity contribution in [3.63, 3.8) is 0 Å². The van der Waals surface area contributed by atoms with Gasteiger partial charge < -0.3 is 10.6 Å². The van der Waals surface area contributed by atoms with Gasteiger partial charge in [0, 0.05) is 18.7 Å². The number of benzene rings is 1. The molecule has 0 spiro atoms. The predicted molar refractivity (Wildman–Crippen MR) is 73.1 cm³/mol. The minimum absolute atomic E-state index is 0. The Bertz CT molecular complexity index is 535. The summed E-state index contributed by atoms with van der Waals surface area (Å²) in [7, 11) is -2.88. The molecule has 1 aromatic carbocycles. The molecule has 0 aliphatic rings. The number of sulfone groups is 1. The average molecular weight is 329 g/mol. The quantitative estimate of drug-likeness (QED) is 0.766. The van der Waals surface area contributed by atoms with Crippen LogP contribution >= 0.6 is 12.4 Å². The first-order chi connectivity index (χ1) is 8.89. The summed E-state index contributed by atoms with van der Waals surface area (Å²) in [6.45, 7) is 0.996. The monoisotopic (exact) mass is 328 g/mol. The van der Waals surface area contributed by atoms with Gasteiger partial charge in [-0.2, -0.15) is 8.78 Å². The molecule has 1 amide bonds. The van der Waals surface area contributed by atoms with E-state index in [0.29, 0.717) is 13.1 Å². The van der Waals surface area contributed by atoms with Gasteiger partial charge in [-0.1, -0.05) is 0 Å². The Morgan fingerprint density at radius 2 is 1.75 bits per heavy atom. The van der Waals surface area contributed by atoms with Crippen LogP contribution in [0, 0.1) is 0 Å². The molecule has 0 fully saturated rings. The first kappa shape index (κ1) is 18.8. The van der Waals surface area contributed by atoms with E-state index in [1.54, 1.807) is 7.05 Å². The van der Waals surface area contributed by atoms with Crippen LogP contribution in [0.2, 0.25) is 0 Å². The fraction of sp³-hybridized carbons (Fsp3) is 0.364. The van der Waals surface area contributed by atoms with Gasteiger partial charge in [-0.25, -0.2) is 8.42 Å². The maximum atomic E-state index is 12.3. The molecule has 1 rings (SSSR count). The fourth-order valence-electron chi connectivity index (χ4n) is 1.30. The molecule has 20 heavy (non-hydrogen) atoms. The van der Waals surface area contributed by atoms with Gasteiger partial charge in [-0.15, -0.1) is 12.4 Å². The zero-order chi connectivity index (χ0) is 14.5. The van der Waals surface area contributed by atoms with E-state index in [-0.39, 0.29) is 18.0 Å². The molecule has 2 N–H and O–H groups in total. The van der Waals surface area contributed by atoms with Gasteiger partial charge in [0.05, 0.1) is 4.90 Å². The number of alkyl halides is 2. The summed E-state index contributed by atoms with van der Waals surface area (Å²) in [5.74, 6) is -3.86. The molecule has 0 aliphatic carbocycles. The van der Waals surface area contributed by atoms with Crippen molar-refractivity contribution in [1.29, 1.82) is 0 Å². The van der Waals surface area contributed by atoms with Crippen LogP contribution in [0.1, 0.15) is 10.4 Å². The van der Waals surface area contributed by atoms with Crippen LogP contribution in [-0.2, 0) is 9.84 Å². The van der Waals surface area contributed by atoms with Crippen LogP contribution in [0.25, 0.3) is 0 Å². The lowest BCUT2D eigenvalue weighted by Gasteiger charge is -2.06. The number of rotatable bonds is 6. The van der Waals surface area contributed by atoms with Crippen molar-refractivity contribution in [2.24, 2.45) is 0 Å². The standard InChI is InChI=1S/C11H14F2N2O3S.ClH/c1-14-6-7-15-10(16)8-2-4-9(5-3-8)19(17,18)11(12)13;/h2-5,11,14H,6-7H2,1H3,(H,15,16);1H. The largest absolute Gasteiger partial charge is 0.351 e. The zero-order valence-corrected chi connectivity index (χ0v) is 12.2. The van der Waals surface area contributed by atoms with Crippen LogP contribution in [0.5, 0.6) is 0 Å². The van der Waals surface area contributed by atoms with Crippen molar-refractivity contribution in [1.82, 2.24) is 10.6 Å². The first-order valence-electron chi connectivity index (χ1n) is 5.44. The Morgan fingerprint density at radius 1 is 1.20 bits per heavy atom. The highest BCUT2D eigenvalue weighted by Crippen LogP contribution is 2.18. The van der Waals surface area contributed by atoms with E-state index >= 15 is 0 Å². The number of likely N-dealkylation sites (N-methyl/N-ethyl adjacent to an activating group) is 1. The van der Waals surface area contributed by atoms with E-state index in [9.17, 15) is 22.0 Å². The first-order valence-corrected chi connectivity index (χ1v) is 6.99. The molecule has 0 heterocycles. The molecule has 9 heteroatoms. The Hall–Kier alpha value is -1.25. The SMILES string of the molecule is CNCCNC(=O)c1ccc(S(=O)(=O)C(F)F)cc1.Cl. The van der Waals surface area contributed by atoms with Crippen LogP contribution in [0.4, 0.5) is 8.78 Å². The molecule has 0 radical (unpaired) electrons. The number of hydrogen-bond donors (Lipinski definition) is 2. The molecule has 1 aromatic rings. The second-order valence-electron chi connectivity index (χ2n) is 3.69. The molecule has 0 bridgehead atoms. The summed E-state index contributed by atoms with van der Waals surface area (Å²) < 4.78 is 46.9. The molecular formula is C11H15ClF2N2O3S. The Morgan fingerprint density at radius 3 is 2.20 bits per heavy atom. The van der Waals surface area contributed by atoms with Crippen LogP contribution in [0.3, 0.4) is 0 Å². The number of amides is 1. The molecule has 0 aromatic heterocycles. The van der Waals surface area contributed by atoms with Crippen molar-refractivity contribution in [2.45, 2.75) is 10.7 Å². The van der Waals surface area contributed by atoms with E-state index in [0.717, 1.165) is 12.1 Å². The van der Waals surface area contributed by atoms with Crippen molar-refractivity contribution in [3.8, 4) is 0 Å². The summed E-state index contributed by atoms with van der Waals surface area (Å²) in [6, 6.07) is 4.39. The normalized spacial score (nSPS) is 11.0. The number of nitrogens with one attached hydrogen (secondary N) is 2. The van der Waals surface area contributed by atoms with Crippen molar-refractivity contribution < 1.29 is 22.0 Å². The van der Waals surface area contributed by atoms with Gasteiger partial charge in [0.15, 0.2) is 0 Å². The molecule has 0 aliphatic heterocycles. The molecule has 114 valence electrons. The van der Waals surface area contributed by atoms with Gasteiger partial charge in [0.1, 0.15) is 0 Å². The second-order valence-corrected chi connectivity index (χ2v) is 5.61. The van der Waals surface area contributed by atoms with Crippen LogP contribution < -0.4 is 10.6 Å². The van der Waals surface area contributed by atoms with Crippen molar-refractivity contribution >= 4 is 28.2 Å². The highest BCUT2D eigenvalue weighted by molar-refractivity contribution is 7.91. The van der Waals surface area contributed by atoms with Crippen molar-refractivity contribution in [3.05, 3.63) is 29.8 Å². The molecular weight excluding hydrogens is 314 g/mol. The Balaban J connectivity index is 0.00000361. The maximum absolute atomic E-state index is 12.3. The van der Waals surface area contributed by atoms with Crippen molar-refractivity contribution in [2.75, 3.05) is 20.1 Å². The molecule has 0 saturated heterocycles. The second kappa shape index (κ2) is 8.13. The smallest absolute Gasteiger partial charge is 0.341 e. The fourth-order valence-corrected chi connectivity index (χ4v) is 2.02. The third-order valence-corrected chi connectivity index (χ3v) is 3.74. The van der Waals surface area contributed by atoms with Gasteiger partial charge in [-0.05, 0) is 31.3 Å². The Labute approximate surface area is 122 Å². The Kier molecular flexibility index (Phi) is 7.62. The van der Waals surface area contributed by atoms with Gasteiger partial charge >= 0.3 is 5.76 Å². The van der Waals surface area contributed by atoms with Gasteiger partial charge in [0.25, 0.3) is 5.91 Å². The zero-order valence-electron chi connectivity index (χ0n) is 10.6. The minimum Gasteiger partial charge on any atom is -0.351 e. The topological polar surface area (TPSA) is 75.3 Å². The maximum Gasteiger partial charge on any atom is 0.341 e. The average Bonchev–Trinajstić information content (AvgIpc) is 2.39. The summed E-state index contributed by atoms with van der Waals surface area (Å²) in [5.41, 5.74) is 0.212. The van der Waals surface area contributed by atoms with E-state index in [4.69, 9.17) is 0 Å². The number of carbonyl (C=O) groups excluding carboxylic acids is 1. The third-order valence-electron chi connectivity index (χ3n) is 2.34. The van der Waals surface area contributed by atoms with E-state index in [2.05, 4.69) is 10.6 Å². The lowest BCUT2D eigenvalue weighted by Crippen LogP contribution is -2.30. The summed E-state index contributed by atoms with van der Waals surface area (Å²) in [4.78, 5) is 11.1. The van der Waals surface area contributed by atoms with Crippen LogP contribution in [-0.4, -0.2) is 40.2 Å². The number of halogens is 3. The minimum atomic E-state index is -4.62. The summed E-state index contributed by atoms with van der Waals surface area (Å²) >= 11 is 0. The predicted octanol–water partition coefficient (Wildman–Crippen LogP) is 1.05.